The van der Waals surface area contributed by atoms with Gasteiger partial charge in [-0.3, -0.25) is 4.79 Å². The monoisotopic (exact) mass is 353 g/mol. The Morgan fingerprint density at radius 2 is 1.44 bits per heavy atom. The van der Waals surface area contributed by atoms with Crippen LogP contribution in [-0.2, 0) is 9.22 Å². The molecule has 1 heterocycles. The van der Waals surface area contributed by atoms with Crippen molar-refractivity contribution in [2.45, 2.75) is 38.3 Å². The van der Waals surface area contributed by atoms with Crippen molar-refractivity contribution < 1.29 is 9.22 Å². The second-order valence-corrected chi connectivity index (χ2v) is 12.1. The fourth-order valence-electron chi connectivity index (χ4n) is 3.84. The van der Waals surface area contributed by atoms with Gasteiger partial charge in [0, 0.05) is 13.6 Å². The predicted octanol–water partition coefficient (Wildman–Crippen LogP) is 2.79. The van der Waals surface area contributed by atoms with Crippen LogP contribution in [-0.4, -0.2) is 38.8 Å². The van der Waals surface area contributed by atoms with Gasteiger partial charge in [0.15, 0.2) is 0 Å². The molecular formula is C21H27NO2Si. The minimum atomic E-state index is -2.55. The molecule has 0 saturated carbocycles. The molecule has 1 fully saturated rings. The predicted molar refractivity (Wildman–Crippen MR) is 105 cm³/mol. The van der Waals surface area contributed by atoms with Crippen molar-refractivity contribution in [2.24, 2.45) is 0 Å². The zero-order valence-corrected chi connectivity index (χ0v) is 16.5. The lowest BCUT2D eigenvalue weighted by Gasteiger charge is -2.44. The summed E-state index contributed by atoms with van der Waals surface area (Å²) >= 11 is 0. The molecule has 4 heteroatoms. The highest BCUT2D eigenvalue weighted by Crippen LogP contribution is 2.38. The Morgan fingerprint density at radius 1 is 0.960 bits per heavy atom. The van der Waals surface area contributed by atoms with Gasteiger partial charge in [-0.15, -0.1) is 0 Å². The second-order valence-electron chi connectivity index (χ2n) is 7.88. The van der Waals surface area contributed by atoms with Crippen molar-refractivity contribution in [3.63, 3.8) is 0 Å². The maximum atomic E-state index is 12.1. The van der Waals surface area contributed by atoms with Crippen LogP contribution in [0, 0.1) is 0 Å². The topological polar surface area (TPSA) is 29.5 Å². The lowest BCUT2D eigenvalue weighted by atomic mass is 10.2. The number of hydrogen-bond acceptors (Lipinski definition) is 2. The van der Waals surface area contributed by atoms with E-state index in [9.17, 15) is 4.79 Å². The fourth-order valence-corrected chi connectivity index (χ4v) is 8.52. The van der Waals surface area contributed by atoms with E-state index in [1.165, 1.54) is 10.4 Å². The Morgan fingerprint density at radius 3 is 1.80 bits per heavy atom. The quantitative estimate of drug-likeness (QED) is 0.791. The average Bonchev–Trinajstić information content (AvgIpc) is 2.91. The fraction of sp³-hybridized carbons (Fsp3) is 0.381. The van der Waals surface area contributed by atoms with E-state index < -0.39 is 8.32 Å². The molecule has 0 N–H and O–H groups in total. The minimum Gasteiger partial charge on any atom is -0.402 e. The molecule has 25 heavy (non-hydrogen) atoms. The average molecular weight is 354 g/mol. The maximum Gasteiger partial charge on any atom is 0.261 e. The van der Waals surface area contributed by atoms with Crippen LogP contribution >= 0.6 is 0 Å². The molecule has 2 aromatic carbocycles. The Labute approximate surface area is 151 Å². The number of likely N-dealkylation sites (N-methyl/N-ethyl adjacent to an activating group) is 1. The number of rotatable bonds is 4. The van der Waals surface area contributed by atoms with Gasteiger partial charge in [0.1, 0.15) is 0 Å². The molecule has 0 spiro atoms. The molecule has 0 aliphatic carbocycles. The molecule has 0 radical (unpaired) electrons. The van der Waals surface area contributed by atoms with E-state index in [0.29, 0.717) is 13.0 Å². The summed E-state index contributed by atoms with van der Waals surface area (Å²) in [7, 11) is -0.694. The number of benzene rings is 2. The smallest absolute Gasteiger partial charge is 0.261 e. The van der Waals surface area contributed by atoms with Gasteiger partial charge in [-0.25, -0.2) is 0 Å². The Bertz CT molecular complexity index is 685. The molecule has 3 rings (SSSR count). The van der Waals surface area contributed by atoms with E-state index in [4.69, 9.17) is 4.43 Å². The van der Waals surface area contributed by atoms with E-state index in [2.05, 4.69) is 69.3 Å². The van der Waals surface area contributed by atoms with Crippen molar-refractivity contribution >= 4 is 24.6 Å². The van der Waals surface area contributed by atoms with Gasteiger partial charge >= 0.3 is 0 Å². The summed E-state index contributed by atoms with van der Waals surface area (Å²) in [6.07, 6.45) is 0.421. The summed E-state index contributed by atoms with van der Waals surface area (Å²) in [6.45, 7) is 7.46. The van der Waals surface area contributed by atoms with Crippen LogP contribution in [0.25, 0.3) is 0 Å². The number of nitrogens with zero attached hydrogens (tertiary/aromatic N) is 1. The van der Waals surface area contributed by atoms with E-state index >= 15 is 0 Å². The summed E-state index contributed by atoms with van der Waals surface area (Å²) in [5.74, 6) is 0.169. The van der Waals surface area contributed by atoms with E-state index in [1.54, 1.807) is 4.90 Å². The first kappa shape index (κ1) is 17.9. The molecular weight excluding hydrogens is 326 g/mol. The summed E-state index contributed by atoms with van der Waals surface area (Å²) in [5.41, 5.74) is 0. The van der Waals surface area contributed by atoms with Crippen molar-refractivity contribution in [1.29, 1.82) is 0 Å². The highest BCUT2D eigenvalue weighted by atomic mass is 28.4. The van der Waals surface area contributed by atoms with E-state index in [-0.39, 0.29) is 17.0 Å². The first-order chi connectivity index (χ1) is 11.8. The number of hydrogen-bond donors (Lipinski definition) is 0. The van der Waals surface area contributed by atoms with Gasteiger partial charge in [0.25, 0.3) is 8.32 Å². The van der Waals surface area contributed by atoms with Gasteiger partial charge in [-0.2, -0.15) is 0 Å². The highest BCUT2D eigenvalue weighted by Gasteiger charge is 2.52. The molecule has 1 aliphatic rings. The van der Waals surface area contributed by atoms with Gasteiger partial charge in [-0.05, 0) is 15.4 Å². The molecule has 1 atom stereocenters. The SMILES string of the molecule is CN1C[C@@H](O[Si](c2ccccc2)(c2ccccc2)C(C)(C)C)CC1=O. The van der Waals surface area contributed by atoms with Crippen LogP contribution in [0.3, 0.4) is 0 Å². The van der Waals surface area contributed by atoms with Crippen molar-refractivity contribution in [1.82, 2.24) is 4.90 Å². The van der Waals surface area contributed by atoms with Crippen molar-refractivity contribution in [3.05, 3.63) is 60.7 Å². The normalized spacial score (nSPS) is 18.6. The Kier molecular flexibility index (Phi) is 4.85. The standard InChI is InChI=1S/C21H27NO2Si/c1-21(2,3)25(18-11-7-5-8-12-18,19-13-9-6-10-14-19)24-17-15-20(23)22(4)16-17/h5-14,17H,15-16H2,1-4H3/t17-/m0/s1. The second kappa shape index (κ2) is 6.77. The molecule has 1 amide bonds. The molecule has 3 nitrogen and oxygen atoms in total. The molecule has 0 unspecified atom stereocenters. The third kappa shape index (κ3) is 3.28. The Hall–Kier alpha value is -1.91. The summed E-state index contributed by atoms with van der Waals surface area (Å²) in [5, 5.41) is 2.46. The van der Waals surface area contributed by atoms with E-state index in [0.717, 1.165) is 0 Å². The first-order valence-corrected chi connectivity index (χ1v) is 10.8. The van der Waals surface area contributed by atoms with Crippen LogP contribution < -0.4 is 10.4 Å². The number of carbonyl (C=O) groups excluding carboxylic acids is 1. The van der Waals surface area contributed by atoms with Crippen LogP contribution in [0.15, 0.2) is 60.7 Å². The lowest BCUT2D eigenvalue weighted by molar-refractivity contribution is -0.126. The van der Waals surface area contributed by atoms with Crippen LogP contribution in [0.4, 0.5) is 0 Å². The van der Waals surface area contributed by atoms with Crippen LogP contribution in [0.5, 0.6) is 0 Å². The third-order valence-corrected chi connectivity index (χ3v) is 10.2. The molecule has 2 aromatic rings. The van der Waals surface area contributed by atoms with Gasteiger partial charge in [0.2, 0.25) is 5.91 Å². The van der Waals surface area contributed by atoms with Crippen LogP contribution in [0.1, 0.15) is 27.2 Å². The largest absolute Gasteiger partial charge is 0.402 e. The molecule has 1 aliphatic heterocycles. The number of carbonyl (C=O) groups is 1. The van der Waals surface area contributed by atoms with Crippen molar-refractivity contribution in [3.8, 4) is 0 Å². The van der Waals surface area contributed by atoms with Gasteiger partial charge < -0.3 is 9.33 Å². The summed E-state index contributed by atoms with van der Waals surface area (Å²) in [4.78, 5) is 13.8. The molecule has 0 bridgehead atoms. The maximum absolute atomic E-state index is 12.1. The Balaban J connectivity index is 2.14. The number of likely N-dealkylation sites (tertiary alicyclic amines) is 1. The zero-order valence-electron chi connectivity index (χ0n) is 15.5. The first-order valence-electron chi connectivity index (χ1n) is 8.87. The molecule has 0 aromatic heterocycles. The summed E-state index contributed by atoms with van der Waals surface area (Å²) in [6, 6.07) is 21.2. The lowest BCUT2D eigenvalue weighted by Crippen LogP contribution is -2.67. The molecule has 132 valence electrons. The number of amides is 1. The van der Waals surface area contributed by atoms with Gasteiger partial charge in [-0.1, -0.05) is 81.4 Å². The van der Waals surface area contributed by atoms with E-state index in [1.807, 2.05) is 19.2 Å². The summed E-state index contributed by atoms with van der Waals surface area (Å²) < 4.78 is 6.95. The zero-order chi connectivity index (χ0) is 18.1. The third-order valence-electron chi connectivity index (χ3n) is 5.07. The van der Waals surface area contributed by atoms with Crippen molar-refractivity contribution in [2.75, 3.05) is 13.6 Å². The van der Waals surface area contributed by atoms with Gasteiger partial charge in [0.05, 0.1) is 12.5 Å². The molecule has 1 saturated heterocycles. The highest BCUT2D eigenvalue weighted by molar-refractivity contribution is 6.99. The minimum absolute atomic E-state index is 0.0520. The van der Waals surface area contributed by atoms with Crippen LogP contribution in [0.2, 0.25) is 5.04 Å².